The fraction of sp³-hybridized carbons (Fsp3) is 0.190. The summed E-state index contributed by atoms with van der Waals surface area (Å²) in [5.74, 6) is -0.0832. The van der Waals surface area contributed by atoms with Crippen LogP contribution in [0.15, 0.2) is 46.6 Å². The molecule has 4 amide bonds. The molecule has 2 aromatic rings. The maximum Gasteiger partial charge on any atom is 0.329 e. The van der Waals surface area contributed by atoms with E-state index in [0.717, 1.165) is 10.5 Å². The van der Waals surface area contributed by atoms with E-state index in [9.17, 15) is 14.4 Å². The summed E-state index contributed by atoms with van der Waals surface area (Å²) in [6.45, 7) is 1.50. The second-order valence-corrected chi connectivity index (χ2v) is 7.38. The van der Waals surface area contributed by atoms with Crippen LogP contribution in [-0.2, 0) is 9.59 Å². The first-order chi connectivity index (χ1) is 14.3. The standard InChI is InChI=1S/C21H20BrN3O5/c1-12-5-4-6-14(7-12)23-19(26)11-25-20(27)16(24-21(25)28)8-13-9-17(29-2)18(30-3)10-15(13)22/h4-10H,11H2,1-3H3,(H,23,26)(H,24,28)/b16-8+. The minimum atomic E-state index is -0.665. The second-order valence-electron chi connectivity index (χ2n) is 6.53. The van der Waals surface area contributed by atoms with Crippen molar-refractivity contribution in [1.29, 1.82) is 0 Å². The van der Waals surface area contributed by atoms with Crippen LogP contribution in [0.25, 0.3) is 6.08 Å². The Labute approximate surface area is 182 Å². The Morgan fingerprint density at radius 2 is 1.87 bits per heavy atom. The molecule has 0 saturated carbocycles. The first-order valence-corrected chi connectivity index (χ1v) is 9.74. The first kappa shape index (κ1) is 21.4. The number of rotatable bonds is 6. The van der Waals surface area contributed by atoms with E-state index in [4.69, 9.17) is 9.47 Å². The predicted molar refractivity (Wildman–Crippen MR) is 115 cm³/mol. The van der Waals surface area contributed by atoms with Gasteiger partial charge < -0.3 is 20.1 Å². The molecule has 3 rings (SSSR count). The zero-order valence-electron chi connectivity index (χ0n) is 16.6. The lowest BCUT2D eigenvalue weighted by Crippen LogP contribution is -2.38. The normalized spacial score (nSPS) is 14.7. The summed E-state index contributed by atoms with van der Waals surface area (Å²) in [4.78, 5) is 38.1. The van der Waals surface area contributed by atoms with Crippen molar-refractivity contribution in [2.75, 3.05) is 26.1 Å². The fourth-order valence-corrected chi connectivity index (χ4v) is 3.35. The van der Waals surface area contributed by atoms with Gasteiger partial charge in [-0.15, -0.1) is 0 Å². The number of carbonyl (C=O) groups is 3. The van der Waals surface area contributed by atoms with Gasteiger partial charge in [0.2, 0.25) is 5.91 Å². The molecule has 0 aliphatic carbocycles. The molecular weight excluding hydrogens is 454 g/mol. The molecule has 9 heteroatoms. The Morgan fingerprint density at radius 3 is 2.53 bits per heavy atom. The molecule has 1 aliphatic rings. The smallest absolute Gasteiger partial charge is 0.329 e. The minimum absolute atomic E-state index is 0.0521. The molecule has 0 unspecified atom stereocenters. The van der Waals surface area contributed by atoms with Crippen molar-refractivity contribution in [2.24, 2.45) is 0 Å². The van der Waals surface area contributed by atoms with Gasteiger partial charge in [-0.05, 0) is 48.4 Å². The van der Waals surface area contributed by atoms with Gasteiger partial charge in [0.25, 0.3) is 5.91 Å². The number of halogens is 1. The highest BCUT2D eigenvalue weighted by Crippen LogP contribution is 2.34. The Kier molecular flexibility index (Phi) is 6.41. The first-order valence-electron chi connectivity index (χ1n) is 8.95. The minimum Gasteiger partial charge on any atom is -0.493 e. The summed E-state index contributed by atoms with van der Waals surface area (Å²) in [7, 11) is 3.02. The number of benzene rings is 2. The third-order valence-corrected chi connectivity index (χ3v) is 5.06. The number of hydrogen-bond acceptors (Lipinski definition) is 5. The van der Waals surface area contributed by atoms with Crippen LogP contribution in [-0.4, -0.2) is 43.5 Å². The molecule has 156 valence electrons. The number of amides is 4. The van der Waals surface area contributed by atoms with Crippen LogP contribution in [0.2, 0.25) is 0 Å². The molecule has 1 heterocycles. The molecule has 1 aliphatic heterocycles. The van der Waals surface area contributed by atoms with Crippen LogP contribution in [0.5, 0.6) is 11.5 Å². The SMILES string of the molecule is COc1cc(Br)c(/C=C2/NC(=O)N(CC(=O)Nc3cccc(C)c3)C2=O)cc1OC. The van der Waals surface area contributed by atoms with Crippen molar-refractivity contribution in [3.8, 4) is 11.5 Å². The maximum absolute atomic E-state index is 12.7. The molecule has 0 bridgehead atoms. The molecule has 1 fully saturated rings. The molecule has 0 spiro atoms. The van der Waals surface area contributed by atoms with Crippen LogP contribution in [0, 0.1) is 6.92 Å². The van der Waals surface area contributed by atoms with Gasteiger partial charge in [0.05, 0.1) is 14.2 Å². The third kappa shape index (κ3) is 4.62. The lowest BCUT2D eigenvalue weighted by molar-refractivity contribution is -0.127. The molecule has 2 N–H and O–H groups in total. The number of anilines is 1. The lowest BCUT2D eigenvalue weighted by atomic mass is 10.1. The van der Waals surface area contributed by atoms with E-state index < -0.39 is 24.4 Å². The summed E-state index contributed by atoms with van der Waals surface area (Å²) in [5.41, 5.74) is 2.23. The molecule has 0 radical (unpaired) electrons. The summed E-state index contributed by atoms with van der Waals surface area (Å²) >= 11 is 3.41. The summed E-state index contributed by atoms with van der Waals surface area (Å²) in [6.07, 6.45) is 1.50. The molecule has 0 atom stereocenters. The number of imide groups is 1. The number of nitrogens with one attached hydrogen (secondary N) is 2. The Balaban J connectivity index is 1.77. The van der Waals surface area contributed by atoms with Gasteiger partial charge in [-0.25, -0.2) is 9.69 Å². The molecule has 1 saturated heterocycles. The van der Waals surface area contributed by atoms with Crippen molar-refractivity contribution >= 4 is 45.5 Å². The van der Waals surface area contributed by atoms with Crippen molar-refractivity contribution in [3.05, 3.63) is 57.7 Å². The third-order valence-electron chi connectivity index (χ3n) is 4.37. The quantitative estimate of drug-likeness (QED) is 0.495. The van der Waals surface area contributed by atoms with Crippen molar-refractivity contribution < 1.29 is 23.9 Å². The number of urea groups is 1. The van der Waals surface area contributed by atoms with E-state index in [1.54, 1.807) is 30.3 Å². The van der Waals surface area contributed by atoms with Crippen LogP contribution in [0.4, 0.5) is 10.5 Å². The Hall–Kier alpha value is -3.33. The van der Waals surface area contributed by atoms with E-state index in [-0.39, 0.29) is 5.70 Å². The molecule has 8 nitrogen and oxygen atoms in total. The van der Waals surface area contributed by atoms with Gasteiger partial charge in [0, 0.05) is 10.2 Å². The highest BCUT2D eigenvalue weighted by Gasteiger charge is 2.35. The predicted octanol–water partition coefficient (Wildman–Crippen LogP) is 3.31. The van der Waals surface area contributed by atoms with Gasteiger partial charge in [0.1, 0.15) is 12.2 Å². The average Bonchev–Trinajstić information content (AvgIpc) is 2.96. The van der Waals surface area contributed by atoms with Crippen molar-refractivity contribution in [1.82, 2.24) is 10.2 Å². The van der Waals surface area contributed by atoms with E-state index in [1.165, 1.54) is 20.3 Å². The zero-order chi connectivity index (χ0) is 21.8. The summed E-state index contributed by atoms with van der Waals surface area (Å²) in [5, 5.41) is 5.18. The molecule has 30 heavy (non-hydrogen) atoms. The van der Waals surface area contributed by atoms with Crippen molar-refractivity contribution in [2.45, 2.75) is 6.92 Å². The monoisotopic (exact) mass is 473 g/mol. The average molecular weight is 474 g/mol. The largest absolute Gasteiger partial charge is 0.493 e. The van der Waals surface area contributed by atoms with Crippen LogP contribution in [0.3, 0.4) is 0 Å². The topological polar surface area (TPSA) is 97.0 Å². The number of methoxy groups -OCH3 is 2. The number of nitrogens with zero attached hydrogens (tertiary/aromatic N) is 1. The number of ether oxygens (including phenoxy) is 2. The number of carbonyl (C=O) groups excluding carboxylic acids is 3. The van der Waals surface area contributed by atoms with Gasteiger partial charge in [0.15, 0.2) is 11.5 Å². The van der Waals surface area contributed by atoms with Gasteiger partial charge >= 0.3 is 6.03 Å². The summed E-state index contributed by atoms with van der Waals surface area (Å²) < 4.78 is 11.1. The summed E-state index contributed by atoms with van der Waals surface area (Å²) in [6, 6.07) is 9.93. The maximum atomic E-state index is 12.7. The van der Waals surface area contributed by atoms with Crippen LogP contribution >= 0.6 is 15.9 Å². The number of hydrogen-bond donors (Lipinski definition) is 2. The van der Waals surface area contributed by atoms with Crippen LogP contribution in [0.1, 0.15) is 11.1 Å². The highest BCUT2D eigenvalue weighted by atomic mass is 79.9. The van der Waals surface area contributed by atoms with Gasteiger partial charge in [-0.2, -0.15) is 0 Å². The Bertz CT molecular complexity index is 1050. The van der Waals surface area contributed by atoms with Crippen molar-refractivity contribution in [3.63, 3.8) is 0 Å². The Morgan fingerprint density at radius 1 is 1.17 bits per heavy atom. The van der Waals surface area contributed by atoms with E-state index in [1.807, 2.05) is 13.0 Å². The second kappa shape index (κ2) is 9.00. The van der Waals surface area contributed by atoms with E-state index in [2.05, 4.69) is 26.6 Å². The van der Waals surface area contributed by atoms with Gasteiger partial charge in [-0.3, -0.25) is 9.59 Å². The van der Waals surface area contributed by atoms with Gasteiger partial charge in [-0.1, -0.05) is 28.1 Å². The lowest BCUT2D eigenvalue weighted by Gasteiger charge is -2.12. The molecular formula is C21H20BrN3O5. The molecule has 2 aromatic carbocycles. The zero-order valence-corrected chi connectivity index (χ0v) is 18.2. The van der Waals surface area contributed by atoms with Crippen LogP contribution < -0.4 is 20.1 Å². The van der Waals surface area contributed by atoms with E-state index in [0.29, 0.717) is 27.2 Å². The molecule has 0 aromatic heterocycles. The fourth-order valence-electron chi connectivity index (χ4n) is 2.92. The number of aryl methyl sites for hydroxylation is 1. The highest BCUT2D eigenvalue weighted by molar-refractivity contribution is 9.10. The van der Waals surface area contributed by atoms with E-state index >= 15 is 0 Å².